The fraction of sp³-hybridized carbons (Fsp3) is 0.571. The number of fused-ring (bicyclic) bond motifs is 2. The normalized spacial score (nSPS) is 29.0. The summed E-state index contributed by atoms with van der Waals surface area (Å²) in [5.74, 6) is -0.0882. The van der Waals surface area contributed by atoms with Crippen molar-refractivity contribution in [2.24, 2.45) is 0 Å². The highest BCUT2D eigenvalue weighted by molar-refractivity contribution is 5.88. The molecule has 2 bridgehead atoms. The largest absolute Gasteiger partial charge is 0.494 e. The van der Waals surface area contributed by atoms with Crippen LogP contribution in [0.3, 0.4) is 0 Å². The summed E-state index contributed by atoms with van der Waals surface area (Å²) in [4.78, 5) is 10.5. The zero-order valence-corrected chi connectivity index (χ0v) is 5.46. The van der Waals surface area contributed by atoms with Gasteiger partial charge in [0.2, 0.25) is 0 Å². The van der Waals surface area contributed by atoms with Gasteiger partial charge in [0.1, 0.15) is 11.9 Å². The molecule has 2 aliphatic rings. The van der Waals surface area contributed by atoms with Crippen molar-refractivity contribution < 1.29 is 14.6 Å². The fourth-order valence-corrected chi connectivity index (χ4v) is 1.52. The number of carbonyl (C=O) groups is 1. The van der Waals surface area contributed by atoms with Crippen LogP contribution in [0.1, 0.15) is 19.3 Å². The van der Waals surface area contributed by atoms with Gasteiger partial charge < -0.3 is 9.84 Å². The molecule has 2 rings (SSSR count). The topological polar surface area (TPSA) is 46.5 Å². The molecule has 0 radical (unpaired) electrons. The first-order valence-electron chi connectivity index (χ1n) is 3.39. The molecule has 0 saturated carbocycles. The number of hydrogen-bond acceptors (Lipinski definition) is 2. The fourth-order valence-electron chi connectivity index (χ4n) is 1.52. The molecule has 1 atom stereocenters. The Bertz CT molecular complexity index is 217. The molecule has 0 spiro atoms. The summed E-state index contributed by atoms with van der Waals surface area (Å²) in [7, 11) is 0. The Labute approximate surface area is 58.3 Å². The van der Waals surface area contributed by atoms with Gasteiger partial charge in [0.05, 0.1) is 5.57 Å². The third-order valence-electron chi connectivity index (χ3n) is 2.03. The number of hydrogen-bond donors (Lipinski definition) is 1. The molecule has 2 heterocycles. The van der Waals surface area contributed by atoms with Crippen LogP contribution in [0.15, 0.2) is 11.3 Å². The second-order valence-corrected chi connectivity index (χ2v) is 2.69. The number of carboxylic acids is 1. The lowest BCUT2D eigenvalue weighted by Gasteiger charge is -2.01. The first-order valence-corrected chi connectivity index (χ1v) is 3.39. The van der Waals surface area contributed by atoms with Crippen LogP contribution in [0.25, 0.3) is 0 Å². The molecule has 0 aliphatic carbocycles. The van der Waals surface area contributed by atoms with Gasteiger partial charge in [0.25, 0.3) is 0 Å². The molecule has 0 aromatic heterocycles. The lowest BCUT2D eigenvalue weighted by atomic mass is 10.00. The predicted molar refractivity (Wildman–Crippen MR) is 33.4 cm³/mol. The Morgan fingerprint density at radius 2 is 2.50 bits per heavy atom. The predicted octanol–water partition coefficient (Wildman–Crippen LogP) is 0.908. The van der Waals surface area contributed by atoms with E-state index in [4.69, 9.17) is 9.84 Å². The maximum atomic E-state index is 10.5. The Kier molecular flexibility index (Phi) is 1.01. The number of ether oxygens (including phenoxy) is 1. The van der Waals surface area contributed by atoms with Crippen molar-refractivity contribution in [3.63, 3.8) is 0 Å². The summed E-state index contributed by atoms with van der Waals surface area (Å²) in [6, 6.07) is 0. The second kappa shape index (κ2) is 1.75. The highest BCUT2D eigenvalue weighted by Crippen LogP contribution is 2.37. The van der Waals surface area contributed by atoms with Crippen LogP contribution in [0.2, 0.25) is 0 Å². The third-order valence-corrected chi connectivity index (χ3v) is 2.03. The molecule has 1 unspecified atom stereocenters. The van der Waals surface area contributed by atoms with Gasteiger partial charge >= 0.3 is 5.97 Å². The van der Waals surface area contributed by atoms with Gasteiger partial charge in [-0.1, -0.05) is 0 Å². The average molecular weight is 140 g/mol. The lowest BCUT2D eigenvalue weighted by molar-refractivity contribution is -0.132. The van der Waals surface area contributed by atoms with Crippen LogP contribution in [0.5, 0.6) is 0 Å². The van der Waals surface area contributed by atoms with Crippen LogP contribution < -0.4 is 0 Å². The highest BCUT2D eigenvalue weighted by atomic mass is 16.5. The van der Waals surface area contributed by atoms with Gasteiger partial charge in [-0.05, 0) is 6.42 Å². The summed E-state index contributed by atoms with van der Waals surface area (Å²) in [5, 5.41) is 8.60. The highest BCUT2D eigenvalue weighted by Gasteiger charge is 2.35. The summed E-state index contributed by atoms with van der Waals surface area (Å²) in [6.45, 7) is 0. The Morgan fingerprint density at radius 1 is 1.70 bits per heavy atom. The van der Waals surface area contributed by atoms with E-state index in [0.29, 0.717) is 12.0 Å². The van der Waals surface area contributed by atoms with Crippen molar-refractivity contribution >= 4 is 5.97 Å². The van der Waals surface area contributed by atoms with E-state index in [1.165, 1.54) is 0 Å². The smallest absolute Gasteiger partial charge is 0.335 e. The van der Waals surface area contributed by atoms with Gasteiger partial charge in [0, 0.05) is 12.8 Å². The third kappa shape index (κ3) is 0.632. The van der Waals surface area contributed by atoms with Crippen molar-refractivity contribution in [1.82, 2.24) is 0 Å². The Morgan fingerprint density at radius 3 is 2.80 bits per heavy atom. The number of allylic oxidation sites excluding steroid dienone is 1. The van der Waals surface area contributed by atoms with Crippen LogP contribution in [0, 0.1) is 0 Å². The maximum Gasteiger partial charge on any atom is 0.335 e. The summed E-state index contributed by atoms with van der Waals surface area (Å²) in [6.07, 6.45) is 2.63. The molecule has 0 aromatic carbocycles. The van der Waals surface area contributed by atoms with Gasteiger partial charge in [0.15, 0.2) is 0 Å². The van der Waals surface area contributed by atoms with Crippen LogP contribution in [-0.2, 0) is 9.53 Å². The zero-order chi connectivity index (χ0) is 7.14. The van der Waals surface area contributed by atoms with E-state index in [1.54, 1.807) is 0 Å². The van der Waals surface area contributed by atoms with E-state index in [1.807, 2.05) is 0 Å². The van der Waals surface area contributed by atoms with Gasteiger partial charge in [-0.3, -0.25) is 0 Å². The molecule has 3 heteroatoms. The van der Waals surface area contributed by atoms with Gasteiger partial charge in [-0.2, -0.15) is 0 Å². The van der Waals surface area contributed by atoms with E-state index >= 15 is 0 Å². The van der Waals surface area contributed by atoms with Gasteiger partial charge in [-0.25, -0.2) is 4.79 Å². The second-order valence-electron chi connectivity index (χ2n) is 2.69. The summed E-state index contributed by atoms with van der Waals surface area (Å²) in [5.41, 5.74) is 0.497. The summed E-state index contributed by atoms with van der Waals surface area (Å²) < 4.78 is 5.24. The molecular weight excluding hydrogens is 132 g/mol. The minimum atomic E-state index is -0.808. The van der Waals surface area contributed by atoms with Crippen molar-refractivity contribution in [2.75, 3.05) is 0 Å². The van der Waals surface area contributed by atoms with Crippen molar-refractivity contribution in [1.29, 1.82) is 0 Å². The monoisotopic (exact) mass is 140 g/mol. The number of carboxylic acid groups (broad SMARTS) is 1. The standard InChI is InChI=1S/C7H8O3/c8-7(9)5-3-4-1-2-6(5)10-4/h4H,1-3H2,(H,8,9). The first kappa shape index (κ1) is 5.77. The Balaban J connectivity index is 2.30. The molecule has 3 nitrogen and oxygen atoms in total. The van der Waals surface area contributed by atoms with E-state index in [0.717, 1.165) is 18.6 Å². The molecule has 10 heavy (non-hydrogen) atoms. The molecule has 1 saturated heterocycles. The van der Waals surface area contributed by atoms with E-state index in [9.17, 15) is 4.79 Å². The van der Waals surface area contributed by atoms with E-state index in [2.05, 4.69) is 0 Å². The minimum Gasteiger partial charge on any atom is -0.494 e. The molecule has 0 aromatic rings. The van der Waals surface area contributed by atoms with Gasteiger partial charge in [-0.15, -0.1) is 0 Å². The van der Waals surface area contributed by atoms with E-state index in [-0.39, 0.29) is 6.10 Å². The SMILES string of the molecule is O=C(O)C1=C2CCC(C1)O2. The molecule has 1 fully saturated rings. The number of rotatable bonds is 1. The molecule has 0 amide bonds. The molecule has 54 valence electrons. The maximum absolute atomic E-state index is 10.5. The lowest BCUT2D eigenvalue weighted by Crippen LogP contribution is -2.07. The minimum absolute atomic E-state index is 0.182. The quantitative estimate of drug-likeness (QED) is 0.588. The van der Waals surface area contributed by atoms with Crippen LogP contribution in [-0.4, -0.2) is 17.2 Å². The van der Waals surface area contributed by atoms with E-state index < -0.39 is 5.97 Å². The van der Waals surface area contributed by atoms with Crippen molar-refractivity contribution in [2.45, 2.75) is 25.4 Å². The molecule has 2 aliphatic heterocycles. The van der Waals surface area contributed by atoms with Crippen LogP contribution in [0.4, 0.5) is 0 Å². The zero-order valence-electron chi connectivity index (χ0n) is 5.46. The van der Waals surface area contributed by atoms with Crippen molar-refractivity contribution in [3.05, 3.63) is 11.3 Å². The van der Waals surface area contributed by atoms with Crippen molar-refractivity contribution in [3.8, 4) is 0 Å². The molecule has 1 N–H and O–H groups in total. The van der Waals surface area contributed by atoms with Crippen LogP contribution >= 0.6 is 0 Å². The summed E-state index contributed by atoms with van der Waals surface area (Å²) >= 11 is 0. The molecular formula is C7H8O3. The first-order chi connectivity index (χ1) is 4.77. The average Bonchev–Trinajstić information content (AvgIpc) is 2.44. The Hall–Kier alpha value is -0.990. The number of aliphatic carboxylic acids is 1.